The molecule has 4 atom stereocenters. The Morgan fingerprint density at radius 1 is 1.54 bits per heavy atom. The van der Waals surface area contributed by atoms with Crippen LogP contribution in [-0.4, -0.2) is 46.5 Å². The smallest absolute Gasteiger partial charge is 0.139 e. The zero-order valence-electron chi connectivity index (χ0n) is 6.82. The Morgan fingerprint density at radius 3 is 2.77 bits per heavy atom. The minimum Gasteiger partial charge on any atom is -0.394 e. The van der Waals surface area contributed by atoms with Crippen molar-refractivity contribution in [1.29, 1.82) is 0 Å². The normalized spacial score (nSPS) is 39.6. The molecule has 0 radical (unpaired) electrons. The molecule has 1 aliphatic heterocycles. The maximum absolute atomic E-state index is 9.25. The zero-order valence-corrected chi connectivity index (χ0v) is 6.82. The lowest BCUT2D eigenvalue weighted by molar-refractivity contribution is -0.177. The average molecular weight is 189 g/mol. The highest BCUT2D eigenvalue weighted by Crippen LogP contribution is 2.20. The lowest BCUT2D eigenvalue weighted by Crippen LogP contribution is -2.49. The fraction of sp³-hybridized carbons (Fsp3) is 1.00. The summed E-state index contributed by atoms with van der Waals surface area (Å²) in [5, 5.41) is 30.5. The minimum absolute atomic E-state index is 0.0434. The molecule has 0 aromatic rings. The molecule has 0 aliphatic carbocycles. The van der Waals surface area contributed by atoms with E-state index in [4.69, 9.17) is 15.4 Å². The second-order valence-corrected chi connectivity index (χ2v) is 2.81. The third kappa shape index (κ3) is 2.30. The van der Waals surface area contributed by atoms with Gasteiger partial charge in [-0.2, -0.15) is 0 Å². The molecule has 1 fully saturated rings. The number of hydrogen-bond acceptors (Lipinski definition) is 5. The molecule has 74 valence electrons. The van der Waals surface area contributed by atoms with Gasteiger partial charge >= 0.3 is 0 Å². The summed E-state index contributed by atoms with van der Waals surface area (Å²) in [5.74, 6) is 0. The van der Waals surface area contributed by atoms with Crippen molar-refractivity contribution in [1.82, 2.24) is 0 Å². The summed E-state index contributed by atoms with van der Waals surface area (Å²) >= 11 is 0. The molecule has 1 rings (SSSR count). The van der Waals surface area contributed by atoms with E-state index in [0.717, 1.165) is 0 Å². The molecule has 1 aliphatic rings. The van der Waals surface area contributed by atoms with Crippen LogP contribution in [0.4, 0.5) is 0 Å². The van der Waals surface area contributed by atoms with E-state index in [1.165, 1.54) is 0 Å². The predicted molar refractivity (Wildman–Crippen MR) is 41.5 cm³/mol. The van der Waals surface area contributed by atoms with Crippen LogP contribution >= 0.6 is 0 Å². The summed E-state index contributed by atoms with van der Waals surface area (Å²) < 4.78 is 4.98. The molecule has 0 aromatic carbocycles. The third-order valence-corrected chi connectivity index (χ3v) is 1.91. The van der Waals surface area contributed by atoms with Crippen molar-refractivity contribution < 1.29 is 20.1 Å². The van der Waals surface area contributed by atoms with Gasteiger partial charge in [0.2, 0.25) is 0 Å². The van der Waals surface area contributed by atoms with Crippen LogP contribution in [0.2, 0.25) is 0 Å². The number of nitrogens with zero attached hydrogens (tertiary/aromatic N) is 3. The number of rotatable bonds is 2. The summed E-state index contributed by atoms with van der Waals surface area (Å²) in [7, 11) is 0. The summed E-state index contributed by atoms with van der Waals surface area (Å²) in [5.41, 5.74) is 8.10. The molecule has 13 heavy (non-hydrogen) atoms. The summed E-state index contributed by atoms with van der Waals surface area (Å²) in [6, 6.07) is 0. The Balaban J connectivity index is 2.62. The van der Waals surface area contributed by atoms with Crippen molar-refractivity contribution in [3.63, 3.8) is 0 Å². The first-order valence-electron chi connectivity index (χ1n) is 3.85. The Morgan fingerprint density at radius 2 is 2.23 bits per heavy atom. The van der Waals surface area contributed by atoms with Crippen LogP contribution in [-0.2, 0) is 4.74 Å². The maximum Gasteiger partial charge on any atom is 0.139 e. The fourth-order valence-electron chi connectivity index (χ4n) is 1.21. The first-order chi connectivity index (χ1) is 6.19. The minimum atomic E-state index is -1.13. The van der Waals surface area contributed by atoms with Crippen molar-refractivity contribution in [2.75, 3.05) is 6.61 Å². The van der Waals surface area contributed by atoms with Gasteiger partial charge in [0.1, 0.15) is 18.4 Å². The SMILES string of the molecule is [N-]=[N+]=N[C@@H]1C[C@@H](O)[C@H](O)[C@@H](CO)O1. The molecule has 7 heteroatoms. The molecule has 0 spiro atoms. The number of hydrogen-bond donors (Lipinski definition) is 3. The molecular weight excluding hydrogens is 178 g/mol. The van der Waals surface area contributed by atoms with Crippen molar-refractivity contribution in [2.45, 2.75) is 31.0 Å². The number of aliphatic hydroxyl groups excluding tert-OH is 3. The number of azide groups is 1. The van der Waals surface area contributed by atoms with Gasteiger partial charge in [0.25, 0.3) is 0 Å². The molecule has 1 saturated heterocycles. The molecule has 0 amide bonds. The van der Waals surface area contributed by atoms with Gasteiger partial charge in [-0.3, -0.25) is 0 Å². The highest BCUT2D eigenvalue weighted by molar-refractivity contribution is 4.84. The standard InChI is InChI=1S/C6H11N3O4/c7-9-8-5-1-3(11)6(12)4(2-10)13-5/h3-6,10-12H,1-2H2/t3-,4-,5+,6+/m1/s1. The average Bonchev–Trinajstić information content (AvgIpc) is 2.11. The van der Waals surface area contributed by atoms with E-state index in [1.807, 2.05) is 0 Å². The van der Waals surface area contributed by atoms with Crippen molar-refractivity contribution in [2.24, 2.45) is 5.11 Å². The van der Waals surface area contributed by atoms with Gasteiger partial charge in [0.05, 0.1) is 12.7 Å². The third-order valence-electron chi connectivity index (χ3n) is 1.91. The van der Waals surface area contributed by atoms with Crippen LogP contribution in [0.3, 0.4) is 0 Å². The molecule has 0 saturated carbocycles. The van der Waals surface area contributed by atoms with Gasteiger partial charge in [-0.1, -0.05) is 5.11 Å². The molecule has 1 heterocycles. The van der Waals surface area contributed by atoms with Crippen LogP contribution in [0.1, 0.15) is 6.42 Å². The number of aliphatic hydroxyl groups is 3. The van der Waals surface area contributed by atoms with E-state index in [9.17, 15) is 10.2 Å². The van der Waals surface area contributed by atoms with E-state index < -0.39 is 31.1 Å². The van der Waals surface area contributed by atoms with Crippen LogP contribution in [0.25, 0.3) is 10.4 Å². The summed E-state index contributed by atoms with van der Waals surface area (Å²) in [6.07, 6.45) is -3.82. The monoisotopic (exact) mass is 189 g/mol. The topological polar surface area (TPSA) is 119 Å². The van der Waals surface area contributed by atoms with Gasteiger partial charge in [-0.25, -0.2) is 0 Å². The highest BCUT2D eigenvalue weighted by Gasteiger charge is 2.35. The lowest BCUT2D eigenvalue weighted by atomic mass is 10.0. The number of ether oxygens (including phenoxy) is 1. The van der Waals surface area contributed by atoms with Gasteiger partial charge in [0, 0.05) is 11.3 Å². The Labute approximate surface area is 74.2 Å². The van der Waals surface area contributed by atoms with Gasteiger partial charge in [0.15, 0.2) is 0 Å². The Hall–Kier alpha value is -0.850. The van der Waals surface area contributed by atoms with Crippen molar-refractivity contribution in [3.05, 3.63) is 10.4 Å². The van der Waals surface area contributed by atoms with E-state index >= 15 is 0 Å². The predicted octanol–water partition coefficient (Wildman–Crippen LogP) is -0.874. The molecule has 3 N–H and O–H groups in total. The highest BCUT2D eigenvalue weighted by atomic mass is 16.5. The van der Waals surface area contributed by atoms with E-state index in [1.54, 1.807) is 0 Å². The Kier molecular flexibility index (Phi) is 3.47. The molecule has 0 unspecified atom stereocenters. The first-order valence-corrected chi connectivity index (χ1v) is 3.85. The fourth-order valence-corrected chi connectivity index (χ4v) is 1.21. The first kappa shape index (κ1) is 10.2. The van der Waals surface area contributed by atoms with Crippen molar-refractivity contribution >= 4 is 0 Å². The van der Waals surface area contributed by atoms with E-state index in [2.05, 4.69) is 10.0 Å². The second kappa shape index (κ2) is 4.40. The van der Waals surface area contributed by atoms with E-state index in [-0.39, 0.29) is 6.42 Å². The molecule has 0 bridgehead atoms. The lowest BCUT2D eigenvalue weighted by Gasteiger charge is -2.34. The van der Waals surface area contributed by atoms with E-state index in [0.29, 0.717) is 0 Å². The van der Waals surface area contributed by atoms with Crippen LogP contribution in [0.5, 0.6) is 0 Å². The van der Waals surface area contributed by atoms with Crippen LogP contribution in [0, 0.1) is 0 Å². The van der Waals surface area contributed by atoms with Gasteiger partial charge in [-0.05, 0) is 5.53 Å². The van der Waals surface area contributed by atoms with Crippen molar-refractivity contribution in [3.8, 4) is 0 Å². The zero-order chi connectivity index (χ0) is 9.84. The van der Waals surface area contributed by atoms with Crippen LogP contribution < -0.4 is 0 Å². The quantitative estimate of drug-likeness (QED) is 0.297. The van der Waals surface area contributed by atoms with Gasteiger partial charge < -0.3 is 20.1 Å². The maximum atomic E-state index is 9.25. The molecule has 0 aromatic heterocycles. The largest absolute Gasteiger partial charge is 0.394 e. The Bertz CT molecular complexity index is 218. The summed E-state index contributed by atoms with van der Waals surface area (Å²) in [4.78, 5) is 2.51. The van der Waals surface area contributed by atoms with Gasteiger partial charge in [-0.15, -0.1) is 0 Å². The summed E-state index contributed by atoms with van der Waals surface area (Å²) in [6.45, 7) is -0.421. The molecule has 7 nitrogen and oxygen atoms in total. The van der Waals surface area contributed by atoms with Crippen LogP contribution in [0.15, 0.2) is 5.11 Å². The molecular formula is C6H11N3O4. The second-order valence-electron chi connectivity index (χ2n) is 2.81.